The van der Waals surface area contributed by atoms with Crippen LogP contribution in [-0.2, 0) is 28.6 Å². The fourth-order valence-electron chi connectivity index (χ4n) is 8.89. The minimum atomic E-state index is -0.855. The minimum Gasteiger partial charge on any atom is -0.468 e. The summed E-state index contributed by atoms with van der Waals surface area (Å²) < 4.78 is 16.1. The standard InChI is InChI=1S/C27H38O6/c1-14(12-16(24(29)31-4)25(30)32-5)17-6-7-18-21-19(9-11-26(17,18)2)27(3)10-8-15(28)13-20(27)22-23(21)33-22/h13-14,16-19,21-23H,6-12H2,1-5H3/t14-,17?,18?,19?,21?,22+,23-,26-,27-/m1/s1. The average Bonchev–Trinajstić information content (AvgIpc) is 3.51. The van der Waals surface area contributed by atoms with Gasteiger partial charge < -0.3 is 14.2 Å². The van der Waals surface area contributed by atoms with Gasteiger partial charge >= 0.3 is 11.9 Å². The summed E-state index contributed by atoms with van der Waals surface area (Å²) in [5.74, 6) is 0.777. The molecule has 0 N–H and O–H groups in total. The van der Waals surface area contributed by atoms with E-state index in [0.29, 0.717) is 36.5 Å². The Balaban J connectivity index is 1.38. The number of epoxide rings is 1. The summed E-state index contributed by atoms with van der Waals surface area (Å²) in [5.41, 5.74) is 1.54. The number of ether oxygens (including phenoxy) is 3. The van der Waals surface area contributed by atoms with Crippen molar-refractivity contribution >= 4 is 17.7 Å². The summed E-state index contributed by atoms with van der Waals surface area (Å²) in [6.07, 6.45) is 9.01. The van der Waals surface area contributed by atoms with E-state index in [9.17, 15) is 14.4 Å². The van der Waals surface area contributed by atoms with Crippen molar-refractivity contribution in [2.24, 2.45) is 46.3 Å². The Hall–Kier alpha value is -1.69. The zero-order valence-electron chi connectivity index (χ0n) is 20.6. The van der Waals surface area contributed by atoms with Gasteiger partial charge in [0.1, 0.15) is 6.10 Å². The number of rotatable bonds is 5. The monoisotopic (exact) mass is 458 g/mol. The van der Waals surface area contributed by atoms with Crippen molar-refractivity contribution in [2.45, 2.75) is 77.9 Å². The minimum absolute atomic E-state index is 0.0855. The van der Waals surface area contributed by atoms with E-state index < -0.39 is 17.9 Å². The number of carbonyl (C=O) groups is 3. The van der Waals surface area contributed by atoms with Gasteiger partial charge in [-0.15, -0.1) is 0 Å². The topological polar surface area (TPSA) is 82.2 Å². The number of fused-ring (bicyclic) bond motifs is 8. The van der Waals surface area contributed by atoms with E-state index in [1.165, 1.54) is 26.2 Å². The lowest BCUT2D eigenvalue weighted by molar-refractivity contribution is -0.160. The first kappa shape index (κ1) is 23.1. The number of hydrogen-bond acceptors (Lipinski definition) is 6. The van der Waals surface area contributed by atoms with Crippen molar-refractivity contribution in [3.05, 3.63) is 11.6 Å². The van der Waals surface area contributed by atoms with Crippen LogP contribution < -0.4 is 0 Å². The van der Waals surface area contributed by atoms with Gasteiger partial charge in [0.05, 0.1) is 20.3 Å². The highest BCUT2D eigenvalue weighted by Gasteiger charge is 2.69. The van der Waals surface area contributed by atoms with Crippen LogP contribution in [-0.4, -0.2) is 44.1 Å². The van der Waals surface area contributed by atoms with Crippen molar-refractivity contribution in [2.75, 3.05) is 14.2 Å². The zero-order valence-corrected chi connectivity index (χ0v) is 20.6. The smallest absolute Gasteiger partial charge is 0.320 e. The van der Waals surface area contributed by atoms with E-state index in [2.05, 4.69) is 20.8 Å². The maximum absolute atomic E-state index is 12.3. The van der Waals surface area contributed by atoms with Crippen molar-refractivity contribution in [3.8, 4) is 0 Å². The lowest BCUT2D eigenvalue weighted by atomic mass is 9.46. The number of carbonyl (C=O) groups excluding carboxylic acids is 3. The molecule has 0 aromatic heterocycles. The summed E-state index contributed by atoms with van der Waals surface area (Å²) >= 11 is 0. The highest BCUT2D eigenvalue weighted by atomic mass is 16.6. The molecule has 4 aliphatic carbocycles. The molecule has 1 saturated heterocycles. The van der Waals surface area contributed by atoms with Crippen LogP contribution in [0.1, 0.15) is 65.7 Å². The van der Waals surface area contributed by atoms with E-state index in [4.69, 9.17) is 14.2 Å². The van der Waals surface area contributed by atoms with Gasteiger partial charge in [-0.05, 0) is 90.6 Å². The highest BCUT2D eigenvalue weighted by Crippen LogP contribution is 2.70. The van der Waals surface area contributed by atoms with Crippen LogP contribution in [0.25, 0.3) is 0 Å². The fourth-order valence-corrected chi connectivity index (χ4v) is 8.89. The maximum Gasteiger partial charge on any atom is 0.320 e. The molecular weight excluding hydrogens is 420 g/mol. The molecule has 182 valence electrons. The van der Waals surface area contributed by atoms with Gasteiger partial charge in [0.2, 0.25) is 0 Å². The number of esters is 2. The summed E-state index contributed by atoms with van der Waals surface area (Å²) in [5, 5.41) is 0. The summed E-state index contributed by atoms with van der Waals surface area (Å²) in [7, 11) is 2.66. The fraction of sp³-hybridized carbons (Fsp3) is 0.815. The number of methoxy groups -OCH3 is 2. The number of hydrogen-bond donors (Lipinski definition) is 0. The molecule has 3 saturated carbocycles. The third kappa shape index (κ3) is 3.34. The van der Waals surface area contributed by atoms with Gasteiger partial charge in [-0.25, -0.2) is 0 Å². The van der Waals surface area contributed by atoms with Crippen LogP contribution in [0.5, 0.6) is 0 Å². The molecule has 0 spiro atoms. The van der Waals surface area contributed by atoms with Crippen LogP contribution in [0.15, 0.2) is 11.6 Å². The molecule has 5 rings (SSSR count). The summed E-state index contributed by atoms with van der Waals surface area (Å²) in [6.45, 7) is 7.02. The molecule has 0 radical (unpaired) electrons. The first-order valence-corrected chi connectivity index (χ1v) is 12.7. The molecule has 4 unspecified atom stereocenters. The van der Waals surface area contributed by atoms with Gasteiger partial charge in [-0.3, -0.25) is 14.4 Å². The Kier molecular flexibility index (Phi) is 5.54. The van der Waals surface area contributed by atoms with E-state index in [-0.39, 0.29) is 34.7 Å². The highest BCUT2D eigenvalue weighted by molar-refractivity contribution is 5.94. The summed E-state index contributed by atoms with van der Waals surface area (Å²) in [6, 6.07) is 0. The molecule has 1 heterocycles. The molecule has 4 fully saturated rings. The van der Waals surface area contributed by atoms with E-state index in [1.807, 2.05) is 6.08 Å². The molecule has 33 heavy (non-hydrogen) atoms. The largest absolute Gasteiger partial charge is 0.468 e. The van der Waals surface area contributed by atoms with E-state index in [0.717, 1.165) is 25.7 Å². The number of ketones is 1. The van der Waals surface area contributed by atoms with Crippen LogP contribution >= 0.6 is 0 Å². The molecule has 6 heteroatoms. The van der Waals surface area contributed by atoms with E-state index >= 15 is 0 Å². The van der Waals surface area contributed by atoms with Crippen molar-refractivity contribution in [1.29, 1.82) is 0 Å². The first-order chi connectivity index (χ1) is 15.7. The molecule has 5 aliphatic rings. The second-order valence-corrected chi connectivity index (χ2v) is 11.8. The third-order valence-electron chi connectivity index (χ3n) is 10.6. The molecule has 1 aliphatic heterocycles. The van der Waals surface area contributed by atoms with Gasteiger partial charge in [0.25, 0.3) is 0 Å². The lowest BCUT2D eigenvalue weighted by Crippen LogP contribution is -2.53. The molecule has 6 nitrogen and oxygen atoms in total. The molecule has 0 bridgehead atoms. The Bertz CT molecular complexity index is 877. The Morgan fingerprint density at radius 2 is 1.79 bits per heavy atom. The molecule has 0 aromatic carbocycles. The molecule has 0 amide bonds. The van der Waals surface area contributed by atoms with Crippen molar-refractivity contribution < 1.29 is 28.6 Å². The molecule has 9 atom stereocenters. The first-order valence-electron chi connectivity index (χ1n) is 12.7. The van der Waals surface area contributed by atoms with Crippen LogP contribution in [0.2, 0.25) is 0 Å². The third-order valence-corrected chi connectivity index (χ3v) is 10.6. The average molecular weight is 459 g/mol. The Morgan fingerprint density at radius 1 is 1.09 bits per heavy atom. The predicted molar refractivity (Wildman–Crippen MR) is 121 cm³/mol. The molecule has 0 aromatic rings. The molecular formula is C27H38O6. The van der Waals surface area contributed by atoms with Crippen LogP contribution in [0.3, 0.4) is 0 Å². The van der Waals surface area contributed by atoms with Gasteiger partial charge in [0, 0.05) is 6.42 Å². The quantitative estimate of drug-likeness (QED) is 0.350. The lowest BCUT2D eigenvalue weighted by Gasteiger charge is -2.57. The van der Waals surface area contributed by atoms with Gasteiger partial charge in [-0.1, -0.05) is 20.8 Å². The zero-order chi connectivity index (χ0) is 23.7. The van der Waals surface area contributed by atoms with Gasteiger partial charge in [-0.2, -0.15) is 0 Å². The van der Waals surface area contributed by atoms with Crippen LogP contribution in [0, 0.1) is 46.3 Å². The van der Waals surface area contributed by atoms with E-state index in [1.54, 1.807) is 0 Å². The SMILES string of the molecule is COC(=O)C(C[C@@H](C)C1CCC2C3C(CC[C@@]21C)[C@@]1(C)CCC(=O)C=C1[C@@H]1O[C@H]31)C(=O)OC. The van der Waals surface area contributed by atoms with Crippen LogP contribution in [0.4, 0.5) is 0 Å². The Labute approximate surface area is 196 Å². The van der Waals surface area contributed by atoms with Crippen molar-refractivity contribution in [1.82, 2.24) is 0 Å². The summed E-state index contributed by atoms with van der Waals surface area (Å²) in [4.78, 5) is 36.7. The second-order valence-electron chi connectivity index (χ2n) is 11.8. The Morgan fingerprint density at radius 3 is 2.45 bits per heavy atom. The van der Waals surface area contributed by atoms with Gasteiger partial charge in [0.15, 0.2) is 11.7 Å². The predicted octanol–water partition coefficient (Wildman–Crippen LogP) is 4.11. The second kappa shape index (κ2) is 7.93. The normalized spacial score (nSPS) is 44.1. The van der Waals surface area contributed by atoms with Crippen molar-refractivity contribution in [3.63, 3.8) is 0 Å². The maximum atomic E-state index is 12.3.